The number of nitrogens with one attached hydrogen (secondary N) is 1. The molecule has 7 heteroatoms. The Balaban J connectivity index is 1.58. The molecular formula is C11H16N6O. The largest absolute Gasteiger partial charge is 0.338 e. The van der Waals surface area contributed by atoms with E-state index in [2.05, 4.69) is 30.2 Å². The molecule has 3 rings (SSSR count). The van der Waals surface area contributed by atoms with Crippen molar-refractivity contribution in [1.29, 1.82) is 0 Å². The molecule has 0 aliphatic carbocycles. The first kappa shape index (κ1) is 11.3. The zero-order chi connectivity index (χ0) is 12.4. The summed E-state index contributed by atoms with van der Waals surface area (Å²) in [6.07, 6.45) is 3.46. The summed E-state index contributed by atoms with van der Waals surface area (Å²) >= 11 is 0. The molecule has 7 nitrogen and oxygen atoms in total. The molecule has 0 unspecified atom stereocenters. The number of fused-ring (bicyclic) bond motifs is 1. The highest BCUT2D eigenvalue weighted by Crippen LogP contribution is 2.13. The standard InChI is InChI=1S/C11H16N6O/c1-8-13-11(18-16-8)7-12-6-10-15-14-9-4-2-3-5-17(9)10/h12H,2-7H2,1H3. The third kappa shape index (κ3) is 2.26. The van der Waals surface area contributed by atoms with Gasteiger partial charge in [0.05, 0.1) is 13.1 Å². The van der Waals surface area contributed by atoms with Gasteiger partial charge >= 0.3 is 0 Å². The highest BCUT2D eigenvalue weighted by atomic mass is 16.5. The predicted octanol–water partition coefficient (Wildman–Crippen LogP) is 0.596. The minimum Gasteiger partial charge on any atom is -0.338 e. The zero-order valence-corrected chi connectivity index (χ0v) is 10.4. The molecule has 0 spiro atoms. The van der Waals surface area contributed by atoms with E-state index in [1.54, 1.807) is 0 Å². The Morgan fingerprint density at radius 2 is 2.22 bits per heavy atom. The maximum Gasteiger partial charge on any atom is 0.240 e. The third-order valence-corrected chi connectivity index (χ3v) is 3.07. The summed E-state index contributed by atoms with van der Waals surface area (Å²) in [4.78, 5) is 4.13. The van der Waals surface area contributed by atoms with Crippen LogP contribution in [0.4, 0.5) is 0 Å². The molecule has 1 aliphatic heterocycles. The maximum atomic E-state index is 5.03. The Morgan fingerprint density at radius 3 is 3.06 bits per heavy atom. The van der Waals surface area contributed by atoms with Gasteiger partial charge in [0.15, 0.2) is 5.82 Å². The molecule has 0 aromatic carbocycles. The van der Waals surface area contributed by atoms with Gasteiger partial charge in [0.25, 0.3) is 0 Å². The second-order valence-corrected chi connectivity index (χ2v) is 4.48. The van der Waals surface area contributed by atoms with Gasteiger partial charge in [-0.25, -0.2) is 0 Å². The average Bonchev–Trinajstić information content (AvgIpc) is 2.97. The van der Waals surface area contributed by atoms with Crippen molar-refractivity contribution in [2.75, 3.05) is 0 Å². The molecular weight excluding hydrogens is 232 g/mol. The molecule has 96 valence electrons. The lowest BCUT2D eigenvalue weighted by Crippen LogP contribution is -2.19. The van der Waals surface area contributed by atoms with E-state index in [0.717, 1.165) is 24.6 Å². The van der Waals surface area contributed by atoms with Gasteiger partial charge in [-0.15, -0.1) is 10.2 Å². The first-order valence-corrected chi connectivity index (χ1v) is 6.24. The van der Waals surface area contributed by atoms with Crippen molar-refractivity contribution < 1.29 is 4.52 Å². The van der Waals surface area contributed by atoms with E-state index in [1.165, 1.54) is 12.8 Å². The molecule has 0 saturated carbocycles. The number of aryl methyl sites for hydroxylation is 2. The van der Waals surface area contributed by atoms with Crippen molar-refractivity contribution in [3.8, 4) is 0 Å². The van der Waals surface area contributed by atoms with Crippen molar-refractivity contribution in [3.05, 3.63) is 23.4 Å². The lowest BCUT2D eigenvalue weighted by molar-refractivity contribution is 0.362. The lowest BCUT2D eigenvalue weighted by atomic mass is 10.2. The number of rotatable bonds is 4. The van der Waals surface area contributed by atoms with Crippen molar-refractivity contribution >= 4 is 0 Å². The first-order chi connectivity index (χ1) is 8.83. The van der Waals surface area contributed by atoms with Crippen LogP contribution in [0.2, 0.25) is 0 Å². The maximum absolute atomic E-state index is 5.03. The fourth-order valence-electron chi connectivity index (χ4n) is 2.19. The van der Waals surface area contributed by atoms with Crippen LogP contribution in [0.3, 0.4) is 0 Å². The Labute approximate surface area is 105 Å². The normalized spacial score (nSPS) is 14.7. The Bertz CT molecular complexity index is 531. The number of hydrogen-bond acceptors (Lipinski definition) is 6. The fourth-order valence-corrected chi connectivity index (χ4v) is 2.19. The Hall–Kier alpha value is -1.76. The van der Waals surface area contributed by atoms with Crippen molar-refractivity contribution in [2.24, 2.45) is 0 Å². The average molecular weight is 248 g/mol. The van der Waals surface area contributed by atoms with Crippen LogP contribution < -0.4 is 5.32 Å². The molecule has 0 bridgehead atoms. The van der Waals surface area contributed by atoms with Crippen LogP contribution in [0.5, 0.6) is 0 Å². The molecule has 1 aliphatic rings. The first-order valence-electron chi connectivity index (χ1n) is 6.24. The van der Waals surface area contributed by atoms with Gasteiger partial charge in [0, 0.05) is 13.0 Å². The number of aromatic nitrogens is 5. The number of nitrogens with zero attached hydrogens (tertiary/aromatic N) is 5. The molecule has 3 heterocycles. The van der Waals surface area contributed by atoms with E-state index >= 15 is 0 Å². The summed E-state index contributed by atoms with van der Waals surface area (Å²) < 4.78 is 7.23. The molecule has 0 amide bonds. The third-order valence-electron chi connectivity index (χ3n) is 3.07. The summed E-state index contributed by atoms with van der Waals surface area (Å²) in [5.41, 5.74) is 0. The van der Waals surface area contributed by atoms with Crippen LogP contribution in [0.15, 0.2) is 4.52 Å². The molecule has 0 fully saturated rings. The second kappa shape index (κ2) is 4.85. The van der Waals surface area contributed by atoms with Crippen molar-refractivity contribution in [1.82, 2.24) is 30.2 Å². The molecule has 0 saturated heterocycles. The molecule has 0 radical (unpaired) electrons. The van der Waals surface area contributed by atoms with Gasteiger partial charge in [0.2, 0.25) is 5.89 Å². The quantitative estimate of drug-likeness (QED) is 0.853. The van der Waals surface area contributed by atoms with Crippen molar-refractivity contribution in [3.63, 3.8) is 0 Å². The molecule has 2 aromatic rings. The highest BCUT2D eigenvalue weighted by Gasteiger charge is 2.15. The summed E-state index contributed by atoms with van der Waals surface area (Å²) in [6, 6.07) is 0. The van der Waals surface area contributed by atoms with E-state index in [1.807, 2.05) is 6.92 Å². The Morgan fingerprint density at radius 1 is 1.28 bits per heavy atom. The minimum absolute atomic E-state index is 0.559. The van der Waals surface area contributed by atoms with Crippen molar-refractivity contribution in [2.45, 2.75) is 45.8 Å². The van der Waals surface area contributed by atoms with Crippen LogP contribution in [0.1, 0.15) is 36.2 Å². The zero-order valence-electron chi connectivity index (χ0n) is 10.4. The van der Waals surface area contributed by atoms with Gasteiger partial charge in [-0.1, -0.05) is 5.16 Å². The van der Waals surface area contributed by atoms with E-state index < -0.39 is 0 Å². The highest BCUT2D eigenvalue weighted by molar-refractivity contribution is 4.98. The fraction of sp³-hybridized carbons (Fsp3) is 0.636. The van der Waals surface area contributed by atoms with E-state index in [-0.39, 0.29) is 0 Å². The van der Waals surface area contributed by atoms with Gasteiger partial charge < -0.3 is 14.4 Å². The monoisotopic (exact) mass is 248 g/mol. The van der Waals surface area contributed by atoms with E-state index in [4.69, 9.17) is 4.52 Å². The van der Waals surface area contributed by atoms with E-state index in [0.29, 0.717) is 24.8 Å². The smallest absolute Gasteiger partial charge is 0.240 e. The van der Waals surface area contributed by atoms with Crippen LogP contribution in [-0.4, -0.2) is 24.9 Å². The van der Waals surface area contributed by atoms with Crippen LogP contribution in [0, 0.1) is 6.92 Å². The SMILES string of the molecule is Cc1noc(CNCc2nnc3n2CCCC3)n1. The van der Waals surface area contributed by atoms with Crippen LogP contribution in [0.25, 0.3) is 0 Å². The van der Waals surface area contributed by atoms with Crippen LogP contribution >= 0.6 is 0 Å². The van der Waals surface area contributed by atoms with Gasteiger partial charge in [-0.3, -0.25) is 0 Å². The summed E-state index contributed by atoms with van der Waals surface area (Å²) in [5, 5.41) is 15.4. The summed E-state index contributed by atoms with van der Waals surface area (Å²) in [6.45, 7) is 4.07. The van der Waals surface area contributed by atoms with Gasteiger partial charge in [0.1, 0.15) is 11.6 Å². The van der Waals surface area contributed by atoms with E-state index in [9.17, 15) is 0 Å². The molecule has 1 N–H and O–H groups in total. The summed E-state index contributed by atoms with van der Waals surface area (Å²) in [7, 11) is 0. The van der Waals surface area contributed by atoms with Gasteiger partial charge in [-0.2, -0.15) is 4.98 Å². The minimum atomic E-state index is 0.559. The molecule has 2 aromatic heterocycles. The topological polar surface area (TPSA) is 81.7 Å². The number of hydrogen-bond donors (Lipinski definition) is 1. The van der Waals surface area contributed by atoms with Crippen LogP contribution in [-0.2, 0) is 26.1 Å². The Kier molecular flexibility index (Phi) is 3.06. The predicted molar refractivity (Wildman–Crippen MR) is 62.5 cm³/mol. The summed E-state index contributed by atoms with van der Waals surface area (Å²) in [5.74, 6) is 3.35. The second-order valence-electron chi connectivity index (χ2n) is 4.48. The van der Waals surface area contributed by atoms with Gasteiger partial charge in [-0.05, 0) is 19.8 Å². The molecule has 18 heavy (non-hydrogen) atoms. The lowest BCUT2D eigenvalue weighted by Gasteiger charge is -2.14. The molecule has 0 atom stereocenters.